The summed E-state index contributed by atoms with van der Waals surface area (Å²) in [5.41, 5.74) is 3.30. The molecule has 130 valence electrons. The van der Waals surface area contributed by atoms with Crippen molar-refractivity contribution in [2.24, 2.45) is 0 Å². The van der Waals surface area contributed by atoms with Crippen LogP contribution in [0, 0.1) is 0 Å². The van der Waals surface area contributed by atoms with Gasteiger partial charge in [0.1, 0.15) is 0 Å². The standard InChI is InChI=1S/C19H21N3O3/c1-11-5-4-8-17-15(10-20-22(11)17)18(23)21-16-9-14(19(24)25)12-6-2-3-7-13(12)16/h2-3,6-7,10-11,14,16H,4-5,8-9H2,1H3,(H,21,23)(H,24,25)/t11?,14-,16+/m0/s1. The summed E-state index contributed by atoms with van der Waals surface area (Å²) in [5.74, 6) is -1.58. The van der Waals surface area contributed by atoms with Gasteiger partial charge in [-0.25, -0.2) is 0 Å². The van der Waals surface area contributed by atoms with Crippen molar-refractivity contribution in [2.45, 2.75) is 50.6 Å². The summed E-state index contributed by atoms with van der Waals surface area (Å²) in [5, 5.41) is 16.9. The molecule has 6 heteroatoms. The van der Waals surface area contributed by atoms with E-state index in [0.717, 1.165) is 36.1 Å². The summed E-state index contributed by atoms with van der Waals surface area (Å²) in [4.78, 5) is 24.3. The number of carbonyl (C=O) groups excluding carboxylic acids is 1. The van der Waals surface area contributed by atoms with Crippen LogP contribution in [0.2, 0.25) is 0 Å². The Morgan fingerprint density at radius 3 is 2.80 bits per heavy atom. The van der Waals surface area contributed by atoms with Gasteiger partial charge >= 0.3 is 5.97 Å². The molecule has 25 heavy (non-hydrogen) atoms. The van der Waals surface area contributed by atoms with Crippen LogP contribution in [0.5, 0.6) is 0 Å². The fourth-order valence-corrected chi connectivity index (χ4v) is 4.14. The van der Waals surface area contributed by atoms with E-state index in [1.54, 1.807) is 6.20 Å². The summed E-state index contributed by atoms with van der Waals surface area (Å²) in [6.07, 6.45) is 5.01. The van der Waals surface area contributed by atoms with E-state index in [-0.39, 0.29) is 11.9 Å². The Kier molecular flexibility index (Phi) is 3.82. The highest BCUT2D eigenvalue weighted by Crippen LogP contribution is 2.40. The van der Waals surface area contributed by atoms with E-state index in [1.807, 2.05) is 28.9 Å². The van der Waals surface area contributed by atoms with Gasteiger partial charge in [-0.05, 0) is 43.7 Å². The lowest BCUT2D eigenvalue weighted by molar-refractivity contribution is -0.138. The molecule has 2 aliphatic rings. The van der Waals surface area contributed by atoms with Gasteiger partial charge in [0.05, 0.1) is 29.4 Å². The molecule has 1 unspecified atom stereocenters. The van der Waals surface area contributed by atoms with Crippen LogP contribution in [0.3, 0.4) is 0 Å². The Balaban J connectivity index is 1.59. The maximum atomic E-state index is 12.8. The molecule has 2 aromatic rings. The molecule has 3 atom stereocenters. The zero-order valence-corrected chi connectivity index (χ0v) is 14.1. The summed E-state index contributed by atoms with van der Waals surface area (Å²) in [6.45, 7) is 2.11. The molecule has 2 heterocycles. The Bertz CT molecular complexity index is 842. The number of carboxylic acid groups (broad SMARTS) is 1. The molecule has 4 rings (SSSR count). The van der Waals surface area contributed by atoms with Crippen LogP contribution in [0.25, 0.3) is 0 Å². The quantitative estimate of drug-likeness (QED) is 0.900. The highest BCUT2D eigenvalue weighted by molar-refractivity contribution is 5.95. The third-order valence-electron chi connectivity index (χ3n) is 5.42. The number of nitrogens with one attached hydrogen (secondary N) is 1. The number of aromatic nitrogens is 2. The van der Waals surface area contributed by atoms with Gasteiger partial charge in [-0.15, -0.1) is 0 Å². The van der Waals surface area contributed by atoms with Gasteiger partial charge in [0.15, 0.2) is 0 Å². The van der Waals surface area contributed by atoms with Crippen molar-refractivity contribution in [3.8, 4) is 0 Å². The Morgan fingerprint density at radius 2 is 2.04 bits per heavy atom. The molecular formula is C19H21N3O3. The second-order valence-corrected chi connectivity index (χ2v) is 6.97. The summed E-state index contributed by atoms with van der Waals surface area (Å²) in [6, 6.07) is 7.50. The topological polar surface area (TPSA) is 84.2 Å². The van der Waals surface area contributed by atoms with Crippen LogP contribution in [-0.2, 0) is 11.2 Å². The minimum Gasteiger partial charge on any atom is -0.481 e. The largest absolute Gasteiger partial charge is 0.481 e. The Hall–Kier alpha value is -2.63. The van der Waals surface area contributed by atoms with Crippen LogP contribution in [0.1, 0.15) is 71.4 Å². The van der Waals surface area contributed by atoms with Gasteiger partial charge in [0.2, 0.25) is 0 Å². The maximum Gasteiger partial charge on any atom is 0.311 e. The summed E-state index contributed by atoms with van der Waals surface area (Å²) < 4.78 is 1.95. The first-order chi connectivity index (χ1) is 12.1. The second-order valence-electron chi connectivity index (χ2n) is 6.97. The van der Waals surface area contributed by atoms with E-state index in [1.165, 1.54) is 0 Å². The fourth-order valence-electron chi connectivity index (χ4n) is 4.14. The van der Waals surface area contributed by atoms with Gasteiger partial charge in [-0.3, -0.25) is 14.3 Å². The molecule has 0 saturated carbocycles. The first-order valence-electron chi connectivity index (χ1n) is 8.75. The number of amides is 1. The molecule has 0 radical (unpaired) electrons. The van der Waals surface area contributed by atoms with Crippen molar-refractivity contribution in [3.05, 3.63) is 52.8 Å². The predicted molar refractivity (Wildman–Crippen MR) is 91.5 cm³/mol. The average molecular weight is 339 g/mol. The molecule has 0 saturated heterocycles. The molecule has 0 spiro atoms. The molecule has 0 fully saturated rings. The molecule has 1 aromatic carbocycles. The molecule has 0 bridgehead atoms. The van der Waals surface area contributed by atoms with Crippen molar-refractivity contribution in [1.82, 2.24) is 15.1 Å². The molecule has 6 nitrogen and oxygen atoms in total. The number of carbonyl (C=O) groups is 2. The Labute approximate surface area is 145 Å². The van der Waals surface area contributed by atoms with E-state index in [4.69, 9.17) is 0 Å². The average Bonchev–Trinajstić information content (AvgIpc) is 3.18. The van der Waals surface area contributed by atoms with Crippen LogP contribution in [-0.4, -0.2) is 26.8 Å². The predicted octanol–water partition coefficient (Wildman–Crippen LogP) is 2.82. The lowest BCUT2D eigenvalue weighted by Gasteiger charge is -2.22. The number of benzene rings is 1. The van der Waals surface area contributed by atoms with Crippen LogP contribution in [0.15, 0.2) is 30.5 Å². The SMILES string of the molecule is CC1CCCc2c(C(=O)N[C@@H]3C[C@H](C(=O)O)c4ccccc43)cnn21. The molecular weight excluding hydrogens is 318 g/mol. The van der Waals surface area contributed by atoms with Crippen molar-refractivity contribution in [3.63, 3.8) is 0 Å². The molecule has 1 amide bonds. The smallest absolute Gasteiger partial charge is 0.311 e. The van der Waals surface area contributed by atoms with Crippen LogP contribution >= 0.6 is 0 Å². The zero-order chi connectivity index (χ0) is 17.6. The number of fused-ring (bicyclic) bond motifs is 2. The zero-order valence-electron chi connectivity index (χ0n) is 14.1. The van der Waals surface area contributed by atoms with Crippen molar-refractivity contribution in [1.29, 1.82) is 0 Å². The third kappa shape index (κ3) is 2.62. The number of hydrogen-bond acceptors (Lipinski definition) is 3. The molecule has 2 N–H and O–H groups in total. The molecule has 1 aliphatic carbocycles. The highest BCUT2D eigenvalue weighted by Gasteiger charge is 2.36. The number of rotatable bonds is 3. The number of nitrogens with zero attached hydrogens (tertiary/aromatic N) is 2. The molecule has 1 aromatic heterocycles. The van der Waals surface area contributed by atoms with Gasteiger partial charge < -0.3 is 10.4 Å². The number of aliphatic carboxylic acids is 1. The van der Waals surface area contributed by atoms with Crippen molar-refractivity contribution < 1.29 is 14.7 Å². The maximum absolute atomic E-state index is 12.8. The third-order valence-corrected chi connectivity index (χ3v) is 5.42. The van der Waals surface area contributed by atoms with Crippen molar-refractivity contribution in [2.75, 3.05) is 0 Å². The first kappa shape index (κ1) is 15.9. The monoisotopic (exact) mass is 339 g/mol. The van der Waals surface area contributed by atoms with Gasteiger partial charge in [0.25, 0.3) is 5.91 Å². The van der Waals surface area contributed by atoms with Gasteiger partial charge in [0, 0.05) is 6.04 Å². The van der Waals surface area contributed by atoms with Crippen molar-refractivity contribution >= 4 is 11.9 Å². The minimum absolute atomic E-state index is 0.166. The first-order valence-corrected chi connectivity index (χ1v) is 8.75. The van der Waals surface area contributed by atoms with Gasteiger partial charge in [-0.1, -0.05) is 24.3 Å². The van der Waals surface area contributed by atoms with E-state index in [2.05, 4.69) is 17.3 Å². The normalized spacial score (nSPS) is 24.4. The van der Waals surface area contributed by atoms with Crippen LogP contribution in [0.4, 0.5) is 0 Å². The molecule has 1 aliphatic heterocycles. The minimum atomic E-state index is -0.846. The lowest BCUT2D eigenvalue weighted by atomic mass is 10.0. The van der Waals surface area contributed by atoms with Crippen LogP contribution < -0.4 is 5.32 Å². The van der Waals surface area contributed by atoms with E-state index >= 15 is 0 Å². The number of carboxylic acids is 1. The summed E-state index contributed by atoms with van der Waals surface area (Å²) >= 11 is 0. The summed E-state index contributed by atoms with van der Waals surface area (Å²) in [7, 11) is 0. The highest BCUT2D eigenvalue weighted by atomic mass is 16.4. The van der Waals surface area contributed by atoms with E-state index in [9.17, 15) is 14.7 Å². The number of hydrogen-bond donors (Lipinski definition) is 2. The lowest BCUT2D eigenvalue weighted by Crippen LogP contribution is -2.29. The Morgan fingerprint density at radius 1 is 1.28 bits per heavy atom. The van der Waals surface area contributed by atoms with Gasteiger partial charge in [-0.2, -0.15) is 5.10 Å². The second kappa shape index (κ2) is 6.02. The fraction of sp³-hybridized carbons (Fsp3) is 0.421. The van der Waals surface area contributed by atoms with E-state index < -0.39 is 11.9 Å². The van der Waals surface area contributed by atoms with E-state index in [0.29, 0.717) is 18.0 Å².